The summed E-state index contributed by atoms with van der Waals surface area (Å²) in [4.78, 5) is 34.8. The summed E-state index contributed by atoms with van der Waals surface area (Å²) in [5.41, 5.74) is 0. The van der Waals surface area contributed by atoms with Gasteiger partial charge in [0.1, 0.15) is 0 Å². The smallest absolute Gasteiger partial charge is 0.317 e. The highest BCUT2D eigenvalue weighted by Gasteiger charge is 2.15. The summed E-state index contributed by atoms with van der Waals surface area (Å²) in [6, 6.07) is -0.810. The molecule has 3 amide bonds. The summed E-state index contributed by atoms with van der Waals surface area (Å²) in [6.07, 6.45) is 0.544. The van der Waals surface area contributed by atoms with Crippen LogP contribution in [-0.2, 0) is 9.59 Å². The van der Waals surface area contributed by atoms with Gasteiger partial charge < -0.3 is 15.5 Å². The fourth-order valence-corrected chi connectivity index (χ4v) is 1.05. The summed E-state index contributed by atoms with van der Waals surface area (Å²) in [7, 11) is 3.16. The second kappa shape index (κ2) is 6.81. The molecule has 6 heteroatoms. The second-order valence-electron chi connectivity index (χ2n) is 3.69. The van der Waals surface area contributed by atoms with Gasteiger partial charge in [-0.2, -0.15) is 0 Å². The van der Waals surface area contributed by atoms with E-state index < -0.39 is 6.04 Å². The average molecular weight is 229 g/mol. The molecule has 6 nitrogen and oxygen atoms in total. The summed E-state index contributed by atoms with van der Waals surface area (Å²) in [6.45, 7) is 3.11. The molecule has 0 aliphatic carbocycles. The number of nitrogens with zero attached hydrogens (tertiary/aromatic N) is 1. The lowest BCUT2D eigenvalue weighted by atomic mass is 10.1. The van der Waals surface area contributed by atoms with Crippen molar-refractivity contribution in [3.8, 4) is 0 Å². The summed E-state index contributed by atoms with van der Waals surface area (Å²) in [5.74, 6) is -0.452. The van der Waals surface area contributed by atoms with Crippen molar-refractivity contribution in [1.82, 2.24) is 15.5 Å². The first-order chi connectivity index (χ1) is 7.38. The number of rotatable bonds is 5. The second-order valence-corrected chi connectivity index (χ2v) is 3.69. The van der Waals surface area contributed by atoms with Crippen LogP contribution in [0, 0.1) is 0 Å². The zero-order chi connectivity index (χ0) is 12.7. The Hall–Kier alpha value is -1.59. The van der Waals surface area contributed by atoms with Crippen molar-refractivity contribution in [1.29, 1.82) is 0 Å². The average Bonchev–Trinajstić information content (AvgIpc) is 2.21. The third-order valence-electron chi connectivity index (χ3n) is 2.04. The molecular weight excluding hydrogens is 210 g/mol. The minimum atomic E-state index is -0.469. The first-order valence-electron chi connectivity index (χ1n) is 5.13. The molecule has 0 aliphatic heterocycles. The molecule has 1 unspecified atom stereocenters. The van der Waals surface area contributed by atoms with Gasteiger partial charge in [0.05, 0.1) is 12.6 Å². The molecule has 16 heavy (non-hydrogen) atoms. The lowest BCUT2D eigenvalue weighted by Gasteiger charge is -2.15. The number of hydrogen-bond acceptors (Lipinski definition) is 3. The number of urea groups is 1. The minimum Gasteiger partial charge on any atom is -0.345 e. The van der Waals surface area contributed by atoms with Crippen molar-refractivity contribution < 1.29 is 14.4 Å². The van der Waals surface area contributed by atoms with E-state index in [1.54, 1.807) is 14.1 Å². The van der Waals surface area contributed by atoms with Gasteiger partial charge in [0.2, 0.25) is 5.91 Å². The number of ketones is 1. The predicted molar refractivity (Wildman–Crippen MR) is 60.0 cm³/mol. The van der Waals surface area contributed by atoms with Gasteiger partial charge in [-0.05, 0) is 13.3 Å². The van der Waals surface area contributed by atoms with Crippen LogP contribution in [0.2, 0.25) is 0 Å². The van der Waals surface area contributed by atoms with Crippen LogP contribution in [0.25, 0.3) is 0 Å². The molecule has 2 N–H and O–H groups in total. The molecule has 0 aromatic heterocycles. The van der Waals surface area contributed by atoms with E-state index in [1.165, 1.54) is 11.8 Å². The van der Waals surface area contributed by atoms with Crippen LogP contribution in [0.15, 0.2) is 0 Å². The Bertz CT molecular complexity index is 276. The lowest BCUT2D eigenvalue weighted by Crippen LogP contribution is -2.46. The van der Waals surface area contributed by atoms with Crippen molar-refractivity contribution in [3.63, 3.8) is 0 Å². The zero-order valence-corrected chi connectivity index (χ0v) is 10.2. The normalized spacial score (nSPS) is 11.5. The van der Waals surface area contributed by atoms with Gasteiger partial charge >= 0.3 is 6.03 Å². The molecular formula is C10H19N3O3. The molecule has 0 rings (SSSR count). The van der Waals surface area contributed by atoms with E-state index in [4.69, 9.17) is 0 Å². The third kappa shape index (κ3) is 5.33. The van der Waals surface area contributed by atoms with Crippen molar-refractivity contribution in [2.75, 3.05) is 20.6 Å². The number of carbonyl (C=O) groups excluding carboxylic acids is 3. The summed E-state index contributed by atoms with van der Waals surface area (Å²) < 4.78 is 0. The van der Waals surface area contributed by atoms with E-state index in [0.717, 1.165) is 0 Å². The lowest BCUT2D eigenvalue weighted by molar-refractivity contribution is -0.126. The van der Waals surface area contributed by atoms with Crippen molar-refractivity contribution in [2.24, 2.45) is 0 Å². The maximum atomic E-state index is 11.3. The van der Waals surface area contributed by atoms with Crippen molar-refractivity contribution >= 4 is 17.7 Å². The number of hydrogen-bond donors (Lipinski definition) is 2. The molecule has 0 bridgehead atoms. The van der Waals surface area contributed by atoms with Crippen LogP contribution in [0.1, 0.15) is 20.3 Å². The van der Waals surface area contributed by atoms with Gasteiger partial charge in [-0.3, -0.25) is 9.59 Å². The van der Waals surface area contributed by atoms with Gasteiger partial charge in [-0.25, -0.2) is 4.79 Å². The standard InChI is InChI=1S/C10H19N3O3/c1-5-8(7(2)14)12-9(15)6-11-10(16)13(3)4/h8H,5-6H2,1-4H3,(H,11,16)(H,12,15). The molecule has 0 spiro atoms. The maximum Gasteiger partial charge on any atom is 0.317 e. The van der Waals surface area contributed by atoms with Crippen LogP contribution in [0.3, 0.4) is 0 Å². The fraction of sp³-hybridized carbons (Fsp3) is 0.700. The van der Waals surface area contributed by atoms with E-state index in [0.29, 0.717) is 6.42 Å². The SMILES string of the molecule is CCC(NC(=O)CNC(=O)N(C)C)C(C)=O. The highest BCUT2D eigenvalue weighted by Crippen LogP contribution is 1.91. The minimum absolute atomic E-state index is 0.0882. The van der Waals surface area contributed by atoms with Gasteiger partial charge in [-0.15, -0.1) is 0 Å². The van der Waals surface area contributed by atoms with Crippen LogP contribution in [-0.4, -0.2) is 49.3 Å². The van der Waals surface area contributed by atoms with Crippen molar-refractivity contribution in [3.05, 3.63) is 0 Å². The molecule has 0 radical (unpaired) electrons. The predicted octanol–water partition coefficient (Wildman–Crippen LogP) is -0.259. The van der Waals surface area contributed by atoms with Gasteiger partial charge in [0.15, 0.2) is 5.78 Å². The zero-order valence-electron chi connectivity index (χ0n) is 10.2. The van der Waals surface area contributed by atoms with E-state index in [2.05, 4.69) is 10.6 Å². The Labute approximate surface area is 95.4 Å². The molecule has 0 aliphatic rings. The third-order valence-corrected chi connectivity index (χ3v) is 2.04. The topological polar surface area (TPSA) is 78.5 Å². The molecule has 0 heterocycles. The molecule has 1 atom stereocenters. The first kappa shape index (κ1) is 14.4. The Morgan fingerprint density at radius 2 is 1.81 bits per heavy atom. The van der Waals surface area contributed by atoms with Gasteiger partial charge in [0, 0.05) is 14.1 Å². The van der Waals surface area contributed by atoms with Crippen molar-refractivity contribution in [2.45, 2.75) is 26.3 Å². The maximum absolute atomic E-state index is 11.3. The number of nitrogens with one attached hydrogen (secondary N) is 2. The molecule has 0 aromatic rings. The van der Waals surface area contributed by atoms with E-state index in [1.807, 2.05) is 6.92 Å². The Kier molecular flexibility index (Phi) is 6.14. The monoisotopic (exact) mass is 229 g/mol. The quantitative estimate of drug-likeness (QED) is 0.682. The van der Waals surface area contributed by atoms with Crippen LogP contribution >= 0.6 is 0 Å². The molecule has 0 saturated carbocycles. The number of Topliss-reactive ketones (excluding diaryl/α,β-unsaturated/α-hetero) is 1. The van der Waals surface area contributed by atoms with Crippen LogP contribution in [0.5, 0.6) is 0 Å². The van der Waals surface area contributed by atoms with Gasteiger partial charge in [0.25, 0.3) is 0 Å². The highest BCUT2D eigenvalue weighted by molar-refractivity contribution is 5.89. The first-order valence-corrected chi connectivity index (χ1v) is 5.13. The van der Waals surface area contributed by atoms with Crippen LogP contribution in [0.4, 0.5) is 4.79 Å². The van der Waals surface area contributed by atoms with E-state index in [9.17, 15) is 14.4 Å². The van der Waals surface area contributed by atoms with E-state index in [-0.39, 0.29) is 24.3 Å². The number of carbonyl (C=O) groups is 3. The molecule has 0 aromatic carbocycles. The molecule has 0 fully saturated rings. The van der Waals surface area contributed by atoms with E-state index >= 15 is 0 Å². The highest BCUT2D eigenvalue weighted by atomic mass is 16.2. The molecule has 0 saturated heterocycles. The largest absolute Gasteiger partial charge is 0.345 e. The fourth-order valence-electron chi connectivity index (χ4n) is 1.05. The molecule has 92 valence electrons. The Balaban J connectivity index is 3.99. The van der Waals surface area contributed by atoms with Gasteiger partial charge in [-0.1, -0.05) is 6.92 Å². The summed E-state index contributed by atoms with van der Waals surface area (Å²) >= 11 is 0. The Morgan fingerprint density at radius 1 is 1.25 bits per heavy atom. The Morgan fingerprint density at radius 3 is 2.19 bits per heavy atom. The number of amides is 3. The summed E-state index contributed by atoms with van der Waals surface area (Å²) in [5, 5.41) is 4.95. The van der Waals surface area contributed by atoms with Crippen LogP contribution < -0.4 is 10.6 Å².